The molecule has 2 aromatic rings. The van der Waals surface area contributed by atoms with E-state index >= 15 is 0 Å². The molecule has 2 rings (SSSR count). The summed E-state index contributed by atoms with van der Waals surface area (Å²) in [5.74, 6) is 1.18. The molecule has 0 bridgehead atoms. The average molecular weight is 389 g/mol. The van der Waals surface area contributed by atoms with Gasteiger partial charge in [-0.15, -0.1) is 0 Å². The van der Waals surface area contributed by atoms with Crippen molar-refractivity contribution in [1.29, 1.82) is 0 Å². The summed E-state index contributed by atoms with van der Waals surface area (Å²) < 4.78 is 15.8. The number of nitrogens with zero attached hydrogens (tertiary/aromatic N) is 2. The molecular weight excluding hydrogens is 366 g/mol. The summed E-state index contributed by atoms with van der Waals surface area (Å²) in [7, 11) is 6.31. The second-order valence-corrected chi connectivity index (χ2v) is 6.01. The summed E-state index contributed by atoms with van der Waals surface area (Å²) in [6, 6.07) is 9.57. The lowest BCUT2D eigenvalue weighted by molar-refractivity contribution is -0.384. The van der Waals surface area contributed by atoms with Crippen molar-refractivity contribution in [2.24, 2.45) is 0 Å². The predicted molar refractivity (Wildman–Crippen MR) is 104 cm³/mol. The Kier molecular flexibility index (Phi) is 7.16. The summed E-state index contributed by atoms with van der Waals surface area (Å²) in [4.78, 5) is 24.5. The summed E-state index contributed by atoms with van der Waals surface area (Å²) in [5, 5.41) is 13.6. The number of nitro benzene ring substituents is 1. The van der Waals surface area contributed by atoms with Crippen LogP contribution in [0.2, 0.25) is 0 Å². The number of nitro groups is 1. The van der Waals surface area contributed by atoms with Gasteiger partial charge in [-0.25, -0.2) is 0 Å². The van der Waals surface area contributed by atoms with Crippen LogP contribution in [0.25, 0.3) is 0 Å². The van der Waals surface area contributed by atoms with Gasteiger partial charge in [0.05, 0.1) is 44.6 Å². The van der Waals surface area contributed by atoms with Crippen LogP contribution in [0.1, 0.15) is 5.56 Å². The third kappa shape index (κ3) is 5.10. The number of likely N-dealkylation sites (N-methyl/N-ethyl adjacent to an activating group) is 1. The van der Waals surface area contributed by atoms with Crippen LogP contribution in [0.5, 0.6) is 17.2 Å². The van der Waals surface area contributed by atoms with Crippen molar-refractivity contribution in [3.63, 3.8) is 0 Å². The van der Waals surface area contributed by atoms with Gasteiger partial charge >= 0.3 is 0 Å². The minimum atomic E-state index is -0.524. The fraction of sp³-hybridized carbons (Fsp3) is 0.316. The Morgan fingerprint density at radius 3 is 2.43 bits per heavy atom. The highest BCUT2D eigenvalue weighted by Crippen LogP contribution is 2.31. The minimum absolute atomic E-state index is 0.0977. The summed E-state index contributed by atoms with van der Waals surface area (Å²) in [6.07, 6.45) is 0. The summed E-state index contributed by atoms with van der Waals surface area (Å²) in [6.45, 7) is 0.561. The van der Waals surface area contributed by atoms with E-state index in [9.17, 15) is 14.9 Å². The molecule has 0 radical (unpaired) electrons. The Morgan fingerprint density at radius 2 is 1.82 bits per heavy atom. The van der Waals surface area contributed by atoms with Gasteiger partial charge in [-0.05, 0) is 19.2 Å². The standard InChI is InChI=1S/C19H23N3O6/c1-21(11-13-6-5-7-16(26-2)19(13)28-4)12-18(23)20-15-9-8-14(22(24)25)10-17(15)27-3/h5-10H,11-12H2,1-4H3,(H,20,23). The number of methoxy groups -OCH3 is 3. The molecular formula is C19H23N3O6. The van der Waals surface area contributed by atoms with Gasteiger partial charge in [0.2, 0.25) is 5.91 Å². The predicted octanol–water partition coefficient (Wildman–Crippen LogP) is 2.69. The minimum Gasteiger partial charge on any atom is -0.494 e. The van der Waals surface area contributed by atoms with Crippen LogP contribution in [0.4, 0.5) is 11.4 Å². The van der Waals surface area contributed by atoms with Gasteiger partial charge in [0, 0.05) is 18.2 Å². The molecule has 28 heavy (non-hydrogen) atoms. The number of amides is 1. The second kappa shape index (κ2) is 9.56. The van der Waals surface area contributed by atoms with Crippen molar-refractivity contribution >= 4 is 17.3 Å². The average Bonchev–Trinajstić information content (AvgIpc) is 2.67. The number of benzene rings is 2. The number of para-hydroxylation sites is 1. The topological polar surface area (TPSA) is 103 Å². The quantitative estimate of drug-likeness (QED) is 0.519. The first-order chi connectivity index (χ1) is 13.4. The first-order valence-corrected chi connectivity index (χ1v) is 8.40. The van der Waals surface area contributed by atoms with Crippen LogP contribution < -0.4 is 19.5 Å². The van der Waals surface area contributed by atoms with Gasteiger partial charge in [-0.2, -0.15) is 0 Å². The molecule has 2 aromatic carbocycles. The maximum Gasteiger partial charge on any atom is 0.273 e. The molecule has 1 amide bonds. The fourth-order valence-electron chi connectivity index (χ4n) is 2.76. The van der Waals surface area contributed by atoms with Crippen molar-refractivity contribution in [2.75, 3.05) is 40.2 Å². The summed E-state index contributed by atoms with van der Waals surface area (Å²) >= 11 is 0. The van der Waals surface area contributed by atoms with Crippen LogP contribution in [0.15, 0.2) is 36.4 Å². The van der Waals surface area contributed by atoms with E-state index < -0.39 is 4.92 Å². The molecule has 9 nitrogen and oxygen atoms in total. The lowest BCUT2D eigenvalue weighted by Gasteiger charge is -2.19. The van der Waals surface area contributed by atoms with Gasteiger partial charge in [0.15, 0.2) is 11.5 Å². The largest absolute Gasteiger partial charge is 0.494 e. The van der Waals surface area contributed by atoms with Crippen molar-refractivity contribution in [2.45, 2.75) is 6.54 Å². The van der Waals surface area contributed by atoms with E-state index in [1.165, 1.54) is 25.3 Å². The molecule has 150 valence electrons. The van der Waals surface area contributed by atoms with E-state index in [1.807, 2.05) is 17.0 Å². The van der Waals surface area contributed by atoms with Crippen LogP contribution in [-0.4, -0.2) is 50.7 Å². The Hall–Kier alpha value is -3.33. The molecule has 0 atom stereocenters. The number of carbonyl (C=O) groups is 1. The molecule has 0 heterocycles. The Labute approximate surface area is 163 Å². The lowest BCUT2D eigenvalue weighted by Crippen LogP contribution is -2.30. The number of rotatable bonds is 9. The second-order valence-electron chi connectivity index (χ2n) is 6.01. The highest BCUT2D eigenvalue weighted by molar-refractivity contribution is 5.93. The Morgan fingerprint density at radius 1 is 1.11 bits per heavy atom. The highest BCUT2D eigenvalue weighted by Gasteiger charge is 2.16. The molecule has 9 heteroatoms. The van der Waals surface area contributed by atoms with E-state index in [-0.39, 0.29) is 23.9 Å². The molecule has 0 spiro atoms. The molecule has 1 N–H and O–H groups in total. The molecule has 0 aliphatic heterocycles. The highest BCUT2D eigenvalue weighted by atomic mass is 16.6. The van der Waals surface area contributed by atoms with E-state index in [0.717, 1.165) is 5.56 Å². The number of carbonyl (C=O) groups excluding carboxylic acids is 1. The lowest BCUT2D eigenvalue weighted by atomic mass is 10.1. The molecule has 0 aliphatic carbocycles. The normalized spacial score (nSPS) is 10.5. The van der Waals surface area contributed by atoms with E-state index in [0.29, 0.717) is 23.7 Å². The van der Waals surface area contributed by atoms with Crippen LogP contribution in [-0.2, 0) is 11.3 Å². The maximum atomic E-state index is 12.4. The zero-order valence-corrected chi connectivity index (χ0v) is 16.2. The van der Waals surface area contributed by atoms with Crippen molar-refractivity contribution < 1.29 is 23.9 Å². The Bertz CT molecular complexity index is 856. The van der Waals surface area contributed by atoms with Crippen LogP contribution >= 0.6 is 0 Å². The fourth-order valence-corrected chi connectivity index (χ4v) is 2.76. The van der Waals surface area contributed by atoms with E-state index in [1.54, 1.807) is 27.3 Å². The zero-order valence-electron chi connectivity index (χ0n) is 16.2. The molecule has 0 saturated carbocycles. The van der Waals surface area contributed by atoms with E-state index in [4.69, 9.17) is 14.2 Å². The summed E-state index contributed by atoms with van der Waals surface area (Å²) in [5.41, 5.74) is 1.13. The third-order valence-electron chi connectivity index (χ3n) is 4.01. The van der Waals surface area contributed by atoms with Crippen molar-refractivity contribution in [3.8, 4) is 17.2 Å². The SMILES string of the molecule is COc1cc([N+](=O)[O-])ccc1NC(=O)CN(C)Cc1cccc(OC)c1OC. The van der Waals surface area contributed by atoms with Crippen LogP contribution in [0.3, 0.4) is 0 Å². The molecule has 0 fully saturated rings. The van der Waals surface area contributed by atoms with E-state index in [2.05, 4.69) is 5.32 Å². The molecule has 0 unspecified atom stereocenters. The molecule has 0 saturated heterocycles. The molecule has 0 aliphatic rings. The number of ether oxygens (including phenoxy) is 3. The first-order valence-electron chi connectivity index (χ1n) is 8.40. The number of hydrogen-bond acceptors (Lipinski definition) is 7. The van der Waals surface area contributed by atoms with Crippen LogP contribution in [0, 0.1) is 10.1 Å². The van der Waals surface area contributed by atoms with Gasteiger partial charge in [0.1, 0.15) is 5.75 Å². The van der Waals surface area contributed by atoms with Crippen molar-refractivity contribution in [1.82, 2.24) is 4.90 Å². The smallest absolute Gasteiger partial charge is 0.273 e. The number of hydrogen-bond donors (Lipinski definition) is 1. The third-order valence-corrected chi connectivity index (χ3v) is 4.01. The van der Waals surface area contributed by atoms with Crippen molar-refractivity contribution in [3.05, 3.63) is 52.1 Å². The number of nitrogens with one attached hydrogen (secondary N) is 1. The van der Waals surface area contributed by atoms with Gasteiger partial charge in [-0.1, -0.05) is 12.1 Å². The maximum absolute atomic E-state index is 12.4. The molecule has 0 aromatic heterocycles. The first kappa shape index (κ1) is 21.0. The monoisotopic (exact) mass is 389 g/mol. The van der Waals surface area contributed by atoms with Gasteiger partial charge in [0.25, 0.3) is 5.69 Å². The Balaban J connectivity index is 2.05. The number of non-ortho nitro benzene ring substituents is 1. The van der Waals surface area contributed by atoms with Gasteiger partial charge < -0.3 is 19.5 Å². The van der Waals surface area contributed by atoms with Gasteiger partial charge in [-0.3, -0.25) is 19.8 Å². The zero-order chi connectivity index (χ0) is 20.7. The number of anilines is 1.